The summed E-state index contributed by atoms with van der Waals surface area (Å²) >= 11 is 3.06. The van der Waals surface area contributed by atoms with E-state index in [0.717, 1.165) is 22.4 Å². The van der Waals surface area contributed by atoms with E-state index in [1.807, 2.05) is 30.3 Å². The summed E-state index contributed by atoms with van der Waals surface area (Å²) in [4.78, 5) is 30.6. The number of fused-ring (bicyclic) bond motifs is 2. The van der Waals surface area contributed by atoms with Crippen LogP contribution in [0.25, 0.3) is 10.2 Å². The van der Waals surface area contributed by atoms with Gasteiger partial charge < -0.3 is 18.8 Å². The van der Waals surface area contributed by atoms with Crippen molar-refractivity contribution < 1.29 is 23.8 Å². The zero-order valence-electron chi connectivity index (χ0n) is 17.0. The minimum absolute atomic E-state index is 0.0243. The fourth-order valence-electron chi connectivity index (χ4n) is 3.13. The lowest BCUT2D eigenvalue weighted by molar-refractivity contribution is -0.143. The summed E-state index contributed by atoms with van der Waals surface area (Å²) in [5, 5.41) is 0. The number of ether oxygens (including phenoxy) is 3. The molecule has 1 aromatic heterocycles. The van der Waals surface area contributed by atoms with E-state index >= 15 is 0 Å². The van der Waals surface area contributed by atoms with Crippen LogP contribution in [0, 0.1) is 0 Å². The third kappa shape index (κ3) is 5.29. The summed E-state index contributed by atoms with van der Waals surface area (Å²) in [6, 6.07) is 13.7. The van der Waals surface area contributed by atoms with Gasteiger partial charge in [0.1, 0.15) is 6.54 Å². The van der Waals surface area contributed by atoms with Gasteiger partial charge in [0.15, 0.2) is 16.3 Å². The molecule has 0 atom stereocenters. The summed E-state index contributed by atoms with van der Waals surface area (Å²) < 4.78 is 18.6. The molecule has 0 unspecified atom stereocenters. The monoisotopic (exact) mass is 458 g/mol. The Morgan fingerprint density at radius 2 is 1.97 bits per heavy atom. The molecule has 9 heteroatoms. The maximum Gasteiger partial charge on any atom is 0.326 e. The first kappa shape index (κ1) is 21.5. The summed E-state index contributed by atoms with van der Waals surface area (Å²) in [5.41, 5.74) is 0.758. The van der Waals surface area contributed by atoms with Crippen LogP contribution in [0.1, 0.15) is 19.8 Å². The number of aromatic nitrogens is 1. The van der Waals surface area contributed by atoms with Gasteiger partial charge in [-0.05, 0) is 31.2 Å². The molecule has 2 heterocycles. The van der Waals surface area contributed by atoms with E-state index in [1.54, 1.807) is 23.3 Å². The van der Waals surface area contributed by atoms with E-state index in [2.05, 4.69) is 17.1 Å². The molecule has 7 nitrogen and oxygen atoms in total. The first-order valence-electron chi connectivity index (χ1n) is 9.98. The lowest BCUT2D eigenvalue weighted by Crippen LogP contribution is -2.23. The molecule has 1 aliphatic rings. The van der Waals surface area contributed by atoms with Crippen molar-refractivity contribution in [3.05, 3.63) is 47.3 Å². The van der Waals surface area contributed by atoms with Crippen molar-refractivity contribution in [2.45, 2.75) is 31.2 Å². The summed E-state index contributed by atoms with van der Waals surface area (Å²) in [6.07, 6.45) is 1.07. The Bertz CT molecular complexity index is 1150. The van der Waals surface area contributed by atoms with Crippen molar-refractivity contribution >= 4 is 45.2 Å². The van der Waals surface area contributed by atoms with Gasteiger partial charge in [-0.1, -0.05) is 29.5 Å². The lowest BCUT2D eigenvalue weighted by Gasteiger charge is -2.05. The third-order valence-corrected chi connectivity index (χ3v) is 6.68. The van der Waals surface area contributed by atoms with E-state index in [0.29, 0.717) is 22.7 Å². The first-order valence-corrected chi connectivity index (χ1v) is 11.8. The normalized spacial score (nSPS) is 13.0. The van der Waals surface area contributed by atoms with Gasteiger partial charge in [0.05, 0.1) is 16.8 Å². The van der Waals surface area contributed by atoms with Gasteiger partial charge in [0.2, 0.25) is 12.7 Å². The van der Waals surface area contributed by atoms with Crippen molar-refractivity contribution in [1.29, 1.82) is 0 Å². The molecular formula is C22H22N2O5S2. The molecule has 0 fully saturated rings. The number of thiazole rings is 1. The molecule has 162 valence electrons. The van der Waals surface area contributed by atoms with Gasteiger partial charge >= 0.3 is 5.97 Å². The average Bonchev–Trinajstić information content (AvgIpc) is 3.34. The number of hydrogen-bond donors (Lipinski definition) is 0. The van der Waals surface area contributed by atoms with Crippen molar-refractivity contribution in [3.63, 3.8) is 0 Å². The molecule has 0 saturated carbocycles. The number of hydrogen-bond acceptors (Lipinski definition) is 7. The Kier molecular flexibility index (Phi) is 6.93. The summed E-state index contributed by atoms with van der Waals surface area (Å²) in [6.45, 7) is 2.19. The minimum Gasteiger partial charge on any atom is -0.465 e. The van der Waals surface area contributed by atoms with Gasteiger partial charge in [-0.3, -0.25) is 9.59 Å². The van der Waals surface area contributed by atoms with E-state index in [4.69, 9.17) is 14.2 Å². The highest BCUT2D eigenvalue weighted by molar-refractivity contribution is 7.99. The molecule has 0 spiro atoms. The lowest BCUT2D eigenvalue weighted by atomic mass is 10.3. The van der Waals surface area contributed by atoms with Crippen LogP contribution >= 0.6 is 23.1 Å². The Hall–Kier alpha value is -2.78. The van der Waals surface area contributed by atoms with Crippen LogP contribution in [0.4, 0.5) is 0 Å². The van der Waals surface area contributed by atoms with E-state index < -0.39 is 0 Å². The molecule has 3 aromatic rings. The summed E-state index contributed by atoms with van der Waals surface area (Å²) in [7, 11) is 0. The van der Waals surface area contributed by atoms with Crippen LogP contribution in [0.2, 0.25) is 0 Å². The molecule has 2 aromatic carbocycles. The van der Waals surface area contributed by atoms with E-state index in [-0.39, 0.29) is 31.8 Å². The maximum atomic E-state index is 12.5. The topological polar surface area (TPSA) is 79.1 Å². The number of thioether (sulfide) groups is 1. The fraction of sp³-hybridized carbons (Fsp3) is 0.318. The zero-order valence-corrected chi connectivity index (χ0v) is 18.7. The SMILES string of the molecule is CCOC(=O)Cn1c(=NC(=O)CCCSc2ccccc2)sc2cc3c(cc21)OCO3. The van der Waals surface area contributed by atoms with Gasteiger partial charge in [-0.2, -0.15) is 4.99 Å². The quantitative estimate of drug-likeness (QED) is 0.288. The molecule has 0 N–H and O–H groups in total. The van der Waals surface area contributed by atoms with Crippen LogP contribution in [-0.2, 0) is 20.9 Å². The molecular weight excluding hydrogens is 436 g/mol. The Morgan fingerprint density at radius 3 is 2.74 bits per heavy atom. The number of carbonyl (C=O) groups excluding carboxylic acids is 2. The molecule has 0 aliphatic carbocycles. The van der Waals surface area contributed by atoms with Crippen LogP contribution in [0.15, 0.2) is 52.4 Å². The molecule has 0 saturated heterocycles. The Balaban J connectivity index is 1.52. The molecule has 1 amide bonds. The fourth-order valence-corrected chi connectivity index (χ4v) is 5.06. The Labute approximate surface area is 187 Å². The Morgan fingerprint density at radius 1 is 1.19 bits per heavy atom. The maximum absolute atomic E-state index is 12.5. The van der Waals surface area contributed by atoms with Crippen LogP contribution in [0.3, 0.4) is 0 Å². The second-order valence-corrected chi connectivity index (χ2v) is 8.90. The van der Waals surface area contributed by atoms with Gasteiger partial charge in [-0.15, -0.1) is 11.8 Å². The molecule has 31 heavy (non-hydrogen) atoms. The average molecular weight is 459 g/mol. The van der Waals surface area contributed by atoms with Gasteiger partial charge in [0, 0.05) is 23.4 Å². The van der Waals surface area contributed by atoms with Crippen molar-refractivity contribution in [3.8, 4) is 11.5 Å². The number of rotatable bonds is 8. The van der Waals surface area contributed by atoms with E-state index in [9.17, 15) is 9.59 Å². The number of esters is 1. The van der Waals surface area contributed by atoms with Crippen LogP contribution < -0.4 is 14.3 Å². The molecule has 0 radical (unpaired) electrons. The smallest absolute Gasteiger partial charge is 0.326 e. The van der Waals surface area contributed by atoms with Gasteiger partial charge in [-0.25, -0.2) is 0 Å². The highest BCUT2D eigenvalue weighted by atomic mass is 32.2. The van der Waals surface area contributed by atoms with E-state index in [1.165, 1.54) is 16.2 Å². The largest absolute Gasteiger partial charge is 0.465 e. The molecule has 4 rings (SSSR count). The van der Waals surface area contributed by atoms with Gasteiger partial charge in [0.25, 0.3) is 0 Å². The standard InChI is InChI=1S/C22H22N2O5S2/c1-2-27-21(26)13-24-16-11-17-18(29-14-28-17)12-19(16)31-22(24)23-20(25)9-6-10-30-15-7-4-3-5-8-15/h3-5,7-8,11-12H,2,6,9-10,13-14H2,1H3. The third-order valence-electron chi connectivity index (χ3n) is 4.54. The zero-order chi connectivity index (χ0) is 21.6. The number of carbonyl (C=O) groups is 2. The minimum atomic E-state index is -0.381. The molecule has 0 bridgehead atoms. The highest BCUT2D eigenvalue weighted by Crippen LogP contribution is 2.37. The number of nitrogens with zero attached hydrogens (tertiary/aromatic N) is 2. The second-order valence-electron chi connectivity index (χ2n) is 6.72. The second kappa shape index (κ2) is 10.0. The summed E-state index contributed by atoms with van der Waals surface area (Å²) in [5.74, 6) is 1.50. The van der Waals surface area contributed by atoms with Crippen molar-refractivity contribution in [2.75, 3.05) is 19.2 Å². The number of benzene rings is 2. The van der Waals surface area contributed by atoms with Crippen LogP contribution in [0.5, 0.6) is 11.5 Å². The van der Waals surface area contributed by atoms with Crippen molar-refractivity contribution in [2.24, 2.45) is 4.99 Å². The predicted molar refractivity (Wildman–Crippen MR) is 120 cm³/mol. The van der Waals surface area contributed by atoms with Crippen molar-refractivity contribution in [1.82, 2.24) is 4.57 Å². The number of amides is 1. The molecule has 1 aliphatic heterocycles. The highest BCUT2D eigenvalue weighted by Gasteiger charge is 2.19. The van der Waals surface area contributed by atoms with Crippen LogP contribution in [-0.4, -0.2) is 35.6 Å². The predicted octanol–water partition coefficient (Wildman–Crippen LogP) is 3.99. The first-order chi connectivity index (χ1) is 15.1.